The first kappa shape index (κ1) is 12.2. The van der Waals surface area contributed by atoms with E-state index in [4.69, 9.17) is 4.42 Å². The van der Waals surface area contributed by atoms with E-state index >= 15 is 0 Å². The average Bonchev–Trinajstić information content (AvgIpc) is 2.91. The van der Waals surface area contributed by atoms with Gasteiger partial charge in [-0.1, -0.05) is 12.1 Å². The summed E-state index contributed by atoms with van der Waals surface area (Å²) < 4.78 is 5.23. The van der Waals surface area contributed by atoms with E-state index in [9.17, 15) is 4.79 Å². The van der Waals surface area contributed by atoms with E-state index in [2.05, 4.69) is 10.6 Å². The third-order valence-electron chi connectivity index (χ3n) is 2.64. The molecule has 0 saturated carbocycles. The molecule has 2 aromatic rings. The molecule has 0 fully saturated rings. The minimum atomic E-state index is 0.0197. The van der Waals surface area contributed by atoms with Crippen molar-refractivity contribution in [3.8, 4) is 0 Å². The van der Waals surface area contributed by atoms with E-state index in [-0.39, 0.29) is 5.91 Å². The fourth-order valence-corrected chi connectivity index (χ4v) is 1.62. The van der Waals surface area contributed by atoms with Crippen LogP contribution < -0.4 is 10.6 Å². The van der Waals surface area contributed by atoms with Crippen molar-refractivity contribution in [2.24, 2.45) is 0 Å². The molecular weight excluding hydrogens is 228 g/mol. The Labute approximate surface area is 106 Å². The molecule has 1 heterocycles. The number of benzene rings is 1. The van der Waals surface area contributed by atoms with Gasteiger partial charge in [0.1, 0.15) is 5.76 Å². The lowest BCUT2D eigenvalue weighted by Gasteiger charge is -2.06. The van der Waals surface area contributed by atoms with Gasteiger partial charge in [-0.05, 0) is 29.8 Å². The number of carbonyl (C=O) groups excluding carboxylic acids is 1. The van der Waals surface area contributed by atoms with Crippen molar-refractivity contribution < 1.29 is 9.21 Å². The number of hydrogen-bond acceptors (Lipinski definition) is 3. The van der Waals surface area contributed by atoms with Gasteiger partial charge in [-0.2, -0.15) is 0 Å². The smallest absolute Gasteiger partial charge is 0.224 e. The van der Waals surface area contributed by atoms with Gasteiger partial charge in [0.15, 0.2) is 0 Å². The van der Waals surface area contributed by atoms with Gasteiger partial charge in [-0.3, -0.25) is 4.79 Å². The summed E-state index contributed by atoms with van der Waals surface area (Å²) in [5.74, 6) is 0.913. The minimum absolute atomic E-state index is 0.0197. The number of hydrogen-bond donors (Lipinski definition) is 2. The maximum Gasteiger partial charge on any atom is 0.224 e. The number of nitrogens with one attached hydrogen (secondary N) is 2. The molecule has 1 aromatic heterocycles. The monoisotopic (exact) mass is 244 g/mol. The first-order valence-electron chi connectivity index (χ1n) is 5.83. The largest absolute Gasteiger partial charge is 0.467 e. The van der Waals surface area contributed by atoms with Crippen molar-refractivity contribution in [1.82, 2.24) is 5.32 Å². The maximum atomic E-state index is 11.2. The lowest BCUT2D eigenvalue weighted by molar-refractivity contribution is -0.119. The van der Waals surface area contributed by atoms with Crippen LogP contribution in [-0.2, 0) is 17.8 Å². The van der Waals surface area contributed by atoms with Gasteiger partial charge in [0.25, 0.3) is 0 Å². The zero-order valence-electron chi connectivity index (χ0n) is 10.3. The topological polar surface area (TPSA) is 54.3 Å². The summed E-state index contributed by atoms with van der Waals surface area (Å²) in [6.45, 7) is 0.655. The van der Waals surface area contributed by atoms with E-state index in [1.807, 2.05) is 36.4 Å². The maximum absolute atomic E-state index is 11.2. The first-order valence-corrected chi connectivity index (χ1v) is 5.83. The van der Waals surface area contributed by atoms with Gasteiger partial charge in [0.05, 0.1) is 19.2 Å². The van der Waals surface area contributed by atoms with Gasteiger partial charge >= 0.3 is 0 Å². The molecule has 0 saturated heterocycles. The molecule has 0 unspecified atom stereocenters. The molecule has 2 rings (SSSR count). The summed E-state index contributed by atoms with van der Waals surface area (Å²) in [6, 6.07) is 11.6. The summed E-state index contributed by atoms with van der Waals surface area (Å²) in [5.41, 5.74) is 2.00. The molecule has 2 N–H and O–H groups in total. The van der Waals surface area contributed by atoms with E-state index in [0.717, 1.165) is 17.0 Å². The fourth-order valence-electron chi connectivity index (χ4n) is 1.62. The van der Waals surface area contributed by atoms with Crippen molar-refractivity contribution in [2.45, 2.75) is 13.0 Å². The van der Waals surface area contributed by atoms with Crippen LogP contribution in [0, 0.1) is 0 Å². The average molecular weight is 244 g/mol. The molecule has 0 bridgehead atoms. The first-order chi connectivity index (χ1) is 8.78. The number of anilines is 1. The Hall–Kier alpha value is -2.23. The molecule has 1 amide bonds. The van der Waals surface area contributed by atoms with Crippen LogP contribution in [0.5, 0.6) is 0 Å². The Morgan fingerprint density at radius 3 is 2.61 bits per heavy atom. The van der Waals surface area contributed by atoms with Crippen LogP contribution in [0.15, 0.2) is 47.1 Å². The molecule has 94 valence electrons. The van der Waals surface area contributed by atoms with Crippen molar-refractivity contribution >= 4 is 11.6 Å². The predicted molar refractivity (Wildman–Crippen MR) is 70.2 cm³/mol. The Bertz CT molecular complexity index is 489. The van der Waals surface area contributed by atoms with Crippen LogP contribution in [0.1, 0.15) is 11.3 Å². The van der Waals surface area contributed by atoms with E-state index in [0.29, 0.717) is 13.0 Å². The quantitative estimate of drug-likeness (QED) is 0.847. The van der Waals surface area contributed by atoms with Crippen LogP contribution in [0.4, 0.5) is 5.69 Å². The molecule has 0 aliphatic heterocycles. The van der Waals surface area contributed by atoms with Gasteiger partial charge in [-0.15, -0.1) is 0 Å². The highest BCUT2D eigenvalue weighted by Gasteiger charge is 2.01. The van der Waals surface area contributed by atoms with Crippen molar-refractivity contribution in [1.29, 1.82) is 0 Å². The molecule has 0 spiro atoms. The highest BCUT2D eigenvalue weighted by atomic mass is 16.3. The van der Waals surface area contributed by atoms with E-state index in [1.54, 1.807) is 13.3 Å². The second-order valence-electron chi connectivity index (χ2n) is 3.98. The zero-order valence-corrected chi connectivity index (χ0v) is 10.3. The molecule has 1 aromatic carbocycles. The number of likely N-dealkylation sites (N-methyl/N-ethyl adjacent to an activating group) is 1. The Morgan fingerprint density at radius 2 is 2.00 bits per heavy atom. The molecular formula is C14H16N2O2. The highest BCUT2D eigenvalue weighted by molar-refractivity contribution is 5.78. The SMILES string of the molecule is CNC(=O)Cc1ccc(NCc2ccco2)cc1. The Kier molecular flexibility index (Phi) is 4.02. The lowest BCUT2D eigenvalue weighted by atomic mass is 10.1. The van der Waals surface area contributed by atoms with Crippen LogP contribution in [-0.4, -0.2) is 13.0 Å². The molecule has 4 nitrogen and oxygen atoms in total. The summed E-state index contributed by atoms with van der Waals surface area (Å²) in [5, 5.41) is 5.85. The molecule has 0 radical (unpaired) electrons. The van der Waals surface area contributed by atoms with Crippen molar-refractivity contribution in [3.05, 3.63) is 54.0 Å². The van der Waals surface area contributed by atoms with Crippen LogP contribution in [0.25, 0.3) is 0 Å². The summed E-state index contributed by atoms with van der Waals surface area (Å²) >= 11 is 0. The van der Waals surface area contributed by atoms with Gasteiger partial charge in [0, 0.05) is 12.7 Å². The molecule has 0 atom stereocenters. The number of amides is 1. The van der Waals surface area contributed by atoms with Crippen molar-refractivity contribution in [2.75, 3.05) is 12.4 Å². The standard InChI is InChI=1S/C14H16N2O2/c1-15-14(17)9-11-4-6-12(7-5-11)16-10-13-3-2-8-18-13/h2-8,16H,9-10H2,1H3,(H,15,17). The van der Waals surface area contributed by atoms with Crippen molar-refractivity contribution in [3.63, 3.8) is 0 Å². The van der Waals surface area contributed by atoms with Gasteiger partial charge in [0.2, 0.25) is 5.91 Å². The molecule has 18 heavy (non-hydrogen) atoms. The minimum Gasteiger partial charge on any atom is -0.467 e. The number of rotatable bonds is 5. The molecule has 0 aliphatic carbocycles. The van der Waals surface area contributed by atoms with Crippen LogP contribution in [0.2, 0.25) is 0 Å². The van der Waals surface area contributed by atoms with Crippen LogP contribution in [0.3, 0.4) is 0 Å². The third-order valence-corrected chi connectivity index (χ3v) is 2.64. The lowest BCUT2D eigenvalue weighted by Crippen LogP contribution is -2.19. The zero-order chi connectivity index (χ0) is 12.8. The Morgan fingerprint density at radius 1 is 1.22 bits per heavy atom. The summed E-state index contributed by atoms with van der Waals surface area (Å²) in [4.78, 5) is 11.2. The second kappa shape index (κ2) is 5.91. The molecule has 0 aliphatic rings. The van der Waals surface area contributed by atoms with Gasteiger partial charge < -0.3 is 15.1 Å². The normalized spacial score (nSPS) is 10.1. The third kappa shape index (κ3) is 3.38. The van der Waals surface area contributed by atoms with E-state index in [1.165, 1.54) is 0 Å². The second-order valence-corrected chi connectivity index (χ2v) is 3.98. The molecule has 4 heteroatoms. The van der Waals surface area contributed by atoms with Crippen LogP contribution >= 0.6 is 0 Å². The predicted octanol–water partition coefficient (Wildman–Crippen LogP) is 2.18. The van der Waals surface area contributed by atoms with E-state index < -0.39 is 0 Å². The summed E-state index contributed by atoms with van der Waals surface area (Å²) in [6.07, 6.45) is 2.07. The summed E-state index contributed by atoms with van der Waals surface area (Å²) in [7, 11) is 1.64. The van der Waals surface area contributed by atoms with Gasteiger partial charge in [-0.25, -0.2) is 0 Å². The Balaban J connectivity index is 1.89. The fraction of sp³-hybridized carbons (Fsp3) is 0.214. The number of carbonyl (C=O) groups is 1. The highest BCUT2D eigenvalue weighted by Crippen LogP contribution is 2.12. The number of furan rings is 1.